The summed E-state index contributed by atoms with van der Waals surface area (Å²) in [5.41, 5.74) is 3.77. The number of ether oxygens (including phenoxy) is 1. The van der Waals surface area contributed by atoms with Crippen LogP contribution in [0, 0.1) is 19.8 Å². The third kappa shape index (κ3) is 5.02. The first-order chi connectivity index (χ1) is 14.5. The highest BCUT2D eigenvalue weighted by Crippen LogP contribution is 2.22. The second-order valence-electron chi connectivity index (χ2n) is 8.64. The van der Waals surface area contributed by atoms with Gasteiger partial charge in [0, 0.05) is 36.2 Å². The zero-order valence-electron chi connectivity index (χ0n) is 17.8. The van der Waals surface area contributed by atoms with Crippen LogP contribution < -0.4 is 10.1 Å². The SMILES string of the molecule is Cc1ccc(C(=O)N2CCCC(COc3ccc(C(=O)NC4CC4)cc3)C2)cc1C. The third-order valence-corrected chi connectivity index (χ3v) is 6.07. The summed E-state index contributed by atoms with van der Waals surface area (Å²) in [6, 6.07) is 13.6. The van der Waals surface area contributed by atoms with Gasteiger partial charge in [0.05, 0.1) is 6.61 Å². The molecule has 1 heterocycles. The van der Waals surface area contributed by atoms with Gasteiger partial charge in [-0.1, -0.05) is 6.07 Å². The molecule has 1 saturated heterocycles. The fourth-order valence-corrected chi connectivity index (χ4v) is 3.86. The third-order valence-electron chi connectivity index (χ3n) is 6.07. The standard InChI is InChI=1S/C25H30N2O3/c1-17-5-6-21(14-18(17)2)25(29)27-13-3-4-19(15-27)16-30-23-11-7-20(8-12-23)24(28)26-22-9-10-22/h5-8,11-12,14,19,22H,3-4,9-10,13,15-16H2,1-2H3,(H,26,28). The molecule has 5 heteroatoms. The maximum Gasteiger partial charge on any atom is 0.253 e. The first kappa shape index (κ1) is 20.5. The number of piperidine rings is 1. The fraction of sp³-hybridized carbons (Fsp3) is 0.440. The Bertz CT molecular complexity index is 918. The minimum atomic E-state index is -0.0168. The van der Waals surface area contributed by atoms with E-state index >= 15 is 0 Å². The highest BCUT2D eigenvalue weighted by atomic mass is 16.5. The highest BCUT2D eigenvalue weighted by molar-refractivity contribution is 5.95. The van der Waals surface area contributed by atoms with Crippen molar-refractivity contribution in [2.24, 2.45) is 5.92 Å². The van der Waals surface area contributed by atoms with E-state index < -0.39 is 0 Å². The molecule has 0 spiro atoms. The quantitative estimate of drug-likeness (QED) is 0.785. The molecule has 5 nitrogen and oxygen atoms in total. The van der Waals surface area contributed by atoms with Crippen LogP contribution >= 0.6 is 0 Å². The summed E-state index contributed by atoms with van der Waals surface area (Å²) in [5.74, 6) is 1.16. The summed E-state index contributed by atoms with van der Waals surface area (Å²) >= 11 is 0. The van der Waals surface area contributed by atoms with Gasteiger partial charge >= 0.3 is 0 Å². The number of aryl methyl sites for hydroxylation is 2. The van der Waals surface area contributed by atoms with Crippen molar-refractivity contribution in [1.82, 2.24) is 10.2 Å². The largest absolute Gasteiger partial charge is 0.493 e. The van der Waals surface area contributed by atoms with Crippen molar-refractivity contribution in [2.75, 3.05) is 19.7 Å². The topological polar surface area (TPSA) is 58.6 Å². The molecule has 2 fully saturated rings. The molecule has 1 saturated carbocycles. The summed E-state index contributed by atoms with van der Waals surface area (Å²) in [7, 11) is 0. The van der Waals surface area contributed by atoms with E-state index in [-0.39, 0.29) is 11.8 Å². The Morgan fingerprint density at radius 1 is 1.00 bits per heavy atom. The summed E-state index contributed by atoms with van der Waals surface area (Å²) in [6.07, 6.45) is 4.21. The molecule has 2 aromatic rings. The van der Waals surface area contributed by atoms with E-state index in [1.165, 1.54) is 5.56 Å². The van der Waals surface area contributed by atoms with Crippen LogP contribution in [-0.2, 0) is 0 Å². The molecule has 1 aliphatic carbocycles. The minimum Gasteiger partial charge on any atom is -0.493 e. The van der Waals surface area contributed by atoms with Crippen LogP contribution in [0.5, 0.6) is 5.75 Å². The Morgan fingerprint density at radius 3 is 2.43 bits per heavy atom. The number of carbonyl (C=O) groups is 2. The summed E-state index contributed by atoms with van der Waals surface area (Å²) in [5, 5.41) is 2.99. The highest BCUT2D eigenvalue weighted by Gasteiger charge is 2.26. The minimum absolute atomic E-state index is 0.0168. The molecule has 2 amide bonds. The molecule has 1 aliphatic heterocycles. The van der Waals surface area contributed by atoms with Crippen molar-refractivity contribution in [3.63, 3.8) is 0 Å². The number of amides is 2. The van der Waals surface area contributed by atoms with Gasteiger partial charge in [0.15, 0.2) is 0 Å². The van der Waals surface area contributed by atoms with Gasteiger partial charge in [-0.2, -0.15) is 0 Å². The molecule has 4 rings (SSSR count). The lowest BCUT2D eigenvalue weighted by Gasteiger charge is -2.32. The Labute approximate surface area is 178 Å². The first-order valence-corrected chi connectivity index (χ1v) is 10.9. The van der Waals surface area contributed by atoms with Gasteiger partial charge < -0.3 is 15.0 Å². The first-order valence-electron chi connectivity index (χ1n) is 10.9. The van der Waals surface area contributed by atoms with Gasteiger partial charge in [-0.15, -0.1) is 0 Å². The number of hydrogen-bond acceptors (Lipinski definition) is 3. The Balaban J connectivity index is 1.30. The molecular formula is C25H30N2O3. The molecule has 0 aromatic heterocycles. The monoisotopic (exact) mass is 406 g/mol. The van der Waals surface area contributed by atoms with Crippen molar-refractivity contribution in [2.45, 2.75) is 45.6 Å². The van der Waals surface area contributed by atoms with Gasteiger partial charge in [0.25, 0.3) is 11.8 Å². The zero-order chi connectivity index (χ0) is 21.1. The number of rotatable bonds is 6. The average Bonchev–Trinajstić information content (AvgIpc) is 3.58. The molecule has 1 atom stereocenters. The molecule has 0 bridgehead atoms. The van der Waals surface area contributed by atoms with E-state index in [1.54, 1.807) is 0 Å². The van der Waals surface area contributed by atoms with E-state index in [0.29, 0.717) is 30.7 Å². The van der Waals surface area contributed by atoms with E-state index in [9.17, 15) is 9.59 Å². The number of benzene rings is 2. The smallest absolute Gasteiger partial charge is 0.253 e. The number of nitrogens with one attached hydrogen (secondary N) is 1. The molecule has 2 aromatic carbocycles. The van der Waals surface area contributed by atoms with Crippen LogP contribution in [0.25, 0.3) is 0 Å². The summed E-state index contributed by atoms with van der Waals surface area (Å²) < 4.78 is 5.97. The predicted molar refractivity (Wildman–Crippen MR) is 117 cm³/mol. The second kappa shape index (κ2) is 8.90. The Hall–Kier alpha value is -2.82. The lowest BCUT2D eigenvalue weighted by atomic mass is 9.97. The van der Waals surface area contributed by atoms with Gasteiger partial charge in [0.2, 0.25) is 0 Å². The molecular weight excluding hydrogens is 376 g/mol. The second-order valence-corrected chi connectivity index (χ2v) is 8.64. The van der Waals surface area contributed by atoms with Gasteiger partial charge in [-0.05, 0) is 87.1 Å². The lowest BCUT2D eigenvalue weighted by Crippen LogP contribution is -2.41. The zero-order valence-corrected chi connectivity index (χ0v) is 17.8. The average molecular weight is 407 g/mol. The maximum atomic E-state index is 12.9. The fourth-order valence-electron chi connectivity index (χ4n) is 3.86. The molecule has 1 unspecified atom stereocenters. The molecule has 2 aliphatic rings. The van der Waals surface area contributed by atoms with Crippen molar-refractivity contribution in [1.29, 1.82) is 0 Å². The number of nitrogens with zero attached hydrogens (tertiary/aromatic N) is 1. The molecule has 158 valence electrons. The van der Waals surface area contributed by atoms with Crippen LogP contribution in [0.3, 0.4) is 0 Å². The number of likely N-dealkylation sites (tertiary alicyclic amines) is 1. The summed E-state index contributed by atoms with van der Waals surface area (Å²) in [4.78, 5) is 26.9. The van der Waals surface area contributed by atoms with Crippen molar-refractivity contribution in [3.8, 4) is 5.75 Å². The normalized spacial score (nSPS) is 18.7. The van der Waals surface area contributed by atoms with Crippen LogP contribution in [0.1, 0.15) is 57.5 Å². The van der Waals surface area contributed by atoms with Crippen molar-refractivity contribution in [3.05, 3.63) is 64.7 Å². The summed E-state index contributed by atoms with van der Waals surface area (Å²) in [6.45, 7) is 6.19. The maximum absolute atomic E-state index is 12.9. The molecule has 30 heavy (non-hydrogen) atoms. The van der Waals surface area contributed by atoms with Crippen molar-refractivity contribution < 1.29 is 14.3 Å². The van der Waals surface area contributed by atoms with E-state index in [1.807, 2.05) is 54.3 Å². The number of hydrogen-bond donors (Lipinski definition) is 1. The van der Waals surface area contributed by atoms with Gasteiger partial charge in [-0.25, -0.2) is 0 Å². The molecule has 0 radical (unpaired) electrons. The lowest BCUT2D eigenvalue weighted by molar-refractivity contribution is 0.0633. The van der Waals surface area contributed by atoms with Crippen LogP contribution in [0.2, 0.25) is 0 Å². The Kier molecular flexibility index (Phi) is 6.07. The van der Waals surface area contributed by atoms with Gasteiger partial charge in [0.1, 0.15) is 5.75 Å². The number of carbonyl (C=O) groups excluding carboxylic acids is 2. The van der Waals surface area contributed by atoms with Crippen molar-refractivity contribution >= 4 is 11.8 Å². The molecule has 1 N–H and O–H groups in total. The Morgan fingerprint density at radius 2 is 1.73 bits per heavy atom. The van der Waals surface area contributed by atoms with Crippen LogP contribution in [0.15, 0.2) is 42.5 Å². The van der Waals surface area contributed by atoms with E-state index in [4.69, 9.17) is 4.74 Å². The van der Waals surface area contributed by atoms with E-state index in [0.717, 1.165) is 49.1 Å². The predicted octanol–water partition coefficient (Wildman–Crippen LogP) is 4.13. The van der Waals surface area contributed by atoms with Crippen LogP contribution in [-0.4, -0.2) is 42.5 Å². The van der Waals surface area contributed by atoms with Crippen LogP contribution in [0.4, 0.5) is 0 Å². The van der Waals surface area contributed by atoms with E-state index in [2.05, 4.69) is 12.2 Å². The van der Waals surface area contributed by atoms with Gasteiger partial charge in [-0.3, -0.25) is 9.59 Å².